The molecule has 4 atom stereocenters. The number of aromatic nitrogens is 4. The lowest BCUT2D eigenvalue weighted by Gasteiger charge is -2.16. The van der Waals surface area contributed by atoms with Gasteiger partial charge in [0, 0.05) is 0 Å². The summed E-state index contributed by atoms with van der Waals surface area (Å²) in [4.78, 5) is 21.3. The molecule has 3 rings (SSSR count). The van der Waals surface area contributed by atoms with E-state index in [-0.39, 0.29) is 11.6 Å². The molecule has 126 valence electrons. The number of aliphatic hydroxyl groups is 3. The Morgan fingerprint density at radius 1 is 1.30 bits per heavy atom. The van der Waals surface area contributed by atoms with Crippen molar-refractivity contribution in [2.75, 3.05) is 12.3 Å². The number of carbonyl (C=O) groups is 1. The molecular weight excluding hydrogens is 306 g/mol. The van der Waals surface area contributed by atoms with Crippen molar-refractivity contribution in [2.24, 2.45) is 0 Å². The zero-order valence-electron chi connectivity index (χ0n) is 12.7. The normalized spacial score (nSPS) is 26.8. The minimum atomic E-state index is -1.19. The summed E-state index contributed by atoms with van der Waals surface area (Å²) in [5, 5.41) is 28.7. The highest BCUT2D eigenvalue weighted by atomic mass is 16.6. The summed E-state index contributed by atoms with van der Waals surface area (Å²) in [5.74, 6) is 0.385. The Balaban J connectivity index is 0.000000433. The Hall–Kier alpha value is -2.14. The summed E-state index contributed by atoms with van der Waals surface area (Å²) in [6.07, 6.45) is -1.42. The molecule has 1 saturated heterocycles. The number of fused-ring (bicyclic) bond motifs is 1. The highest BCUT2D eigenvalue weighted by Crippen LogP contribution is 2.31. The largest absolute Gasteiger partial charge is 0.394 e. The van der Waals surface area contributed by atoms with Crippen LogP contribution in [0.2, 0.25) is 0 Å². The van der Waals surface area contributed by atoms with Gasteiger partial charge in [-0.25, -0.2) is 15.0 Å². The maximum atomic E-state index is 9.95. The van der Waals surface area contributed by atoms with Gasteiger partial charge in [-0.2, -0.15) is 0 Å². The minimum Gasteiger partial charge on any atom is -0.394 e. The highest BCUT2D eigenvalue weighted by molar-refractivity contribution is 5.81. The van der Waals surface area contributed by atoms with Crippen molar-refractivity contribution in [1.82, 2.24) is 19.5 Å². The van der Waals surface area contributed by atoms with Crippen LogP contribution >= 0.6 is 0 Å². The van der Waals surface area contributed by atoms with Gasteiger partial charge in [0.2, 0.25) is 0 Å². The van der Waals surface area contributed by atoms with Crippen LogP contribution in [0.5, 0.6) is 0 Å². The van der Waals surface area contributed by atoms with Crippen molar-refractivity contribution >= 4 is 22.8 Å². The zero-order chi connectivity index (χ0) is 17.1. The number of ether oxygens (including phenoxy) is 1. The second kappa shape index (κ2) is 6.96. The third-order valence-electron chi connectivity index (χ3n) is 3.18. The summed E-state index contributed by atoms with van der Waals surface area (Å²) >= 11 is 0. The highest BCUT2D eigenvalue weighted by Gasteiger charge is 2.43. The predicted molar refractivity (Wildman–Crippen MR) is 79.1 cm³/mol. The summed E-state index contributed by atoms with van der Waals surface area (Å²) in [6, 6.07) is 0. The fraction of sp³-hybridized carbons (Fsp3) is 0.538. The number of nitrogen functional groups attached to an aromatic ring is 1. The number of aliphatic hydroxyl groups excluding tert-OH is 3. The van der Waals surface area contributed by atoms with Crippen LogP contribution < -0.4 is 5.73 Å². The van der Waals surface area contributed by atoms with E-state index in [1.165, 1.54) is 31.1 Å². The van der Waals surface area contributed by atoms with Crippen molar-refractivity contribution < 1.29 is 24.9 Å². The standard InChI is InChI=1S/C10H13N5O4.C3H6O/c11-8-5-9(13-2-12-8)15(3-14-5)10-7(18)6(17)4(1-16)19-10;1-3(2)4/h2-4,6-7,10,16-18H,1H2,(H2,11,12,13);1-2H3/t4-,6-,7-,10-;/m1./s1. The molecule has 2 aromatic rings. The minimum absolute atomic E-state index is 0.167. The number of imidazole rings is 1. The van der Waals surface area contributed by atoms with Gasteiger partial charge in [0.15, 0.2) is 17.7 Å². The van der Waals surface area contributed by atoms with Crippen molar-refractivity contribution in [3.8, 4) is 0 Å². The number of rotatable bonds is 2. The van der Waals surface area contributed by atoms with Gasteiger partial charge in [-0.15, -0.1) is 0 Å². The van der Waals surface area contributed by atoms with E-state index < -0.39 is 31.1 Å². The number of anilines is 1. The van der Waals surface area contributed by atoms with E-state index in [0.29, 0.717) is 11.2 Å². The van der Waals surface area contributed by atoms with Crippen molar-refractivity contribution in [2.45, 2.75) is 38.4 Å². The van der Waals surface area contributed by atoms with Crippen LogP contribution in [0.3, 0.4) is 0 Å². The SMILES string of the molecule is CC(C)=O.Nc1ncnc2c1ncn2[C@@H]1O[C@H](CO)[C@@H](O)[C@H]1O. The number of nitrogens with zero attached hydrogens (tertiary/aromatic N) is 4. The number of hydrogen-bond acceptors (Lipinski definition) is 9. The molecule has 0 radical (unpaired) electrons. The first-order valence-corrected chi connectivity index (χ1v) is 6.89. The maximum absolute atomic E-state index is 9.95. The van der Waals surface area contributed by atoms with E-state index in [0.717, 1.165) is 0 Å². The summed E-state index contributed by atoms with van der Waals surface area (Å²) in [6.45, 7) is 2.67. The molecule has 0 spiro atoms. The van der Waals surface area contributed by atoms with Crippen LogP contribution in [0.15, 0.2) is 12.7 Å². The molecule has 1 aliphatic rings. The zero-order valence-corrected chi connectivity index (χ0v) is 12.7. The second-order valence-corrected chi connectivity index (χ2v) is 5.22. The predicted octanol–water partition coefficient (Wildman–Crippen LogP) is -1.38. The lowest BCUT2D eigenvalue weighted by Crippen LogP contribution is -2.33. The van der Waals surface area contributed by atoms with Crippen molar-refractivity contribution in [3.05, 3.63) is 12.7 Å². The third-order valence-corrected chi connectivity index (χ3v) is 3.18. The Kier molecular flexibility index (Phi) is 5.21. The van der Waals surface area contributed by atoms with Crippen LogP contribution in [0.1, 0.15) is 20.1 Å². The Morgan fingerprint density at radius 2 is 1.96 bits per heavy atom. The van der Waals surface area contributed by atoms with E-state index in [9.17, 15) is 15.0 Å². The number of Topliss-reactive ketones (excluding diaryl/α,β-unsaturated/α-hetero) is 1. The molecule has 2 aromatic heterocycles. The molecular formula is C13H19N5O5. The molecule has 5 N–H and O–H groups in total. The first kappa shape index (κ1) is 17.2. The molecule has 0 aromatic carbocycles. The first-order chi connectivity index (χ1) is 10.9. The number of carbonyl (C=O) groups excluding carboxylic acids is 1. The molecule has 1 aliphatic heterocycles. The number of hydrogen-bond donors (Lipinski definition) is 4. The smallest absolute Gasteiger partial charge is 0.167 e. The average Bonchev–Trinajstić information content (AvgIpc) is 3.02. The second-order valence-electron chi connectivity index (χ2n) is 5.22. The molecule has 0 bridgehead atoms. The van der Waals surface area contributed by atoms with E-state index in [1.54, 1.807) is 0 Å². The lowest BCUT2D eigenvalue weighted by molar-refractivity contribution is -0.114. The van der Waals surface area contributed by atoms with Gasteiger partial charge in [-0.3, -0.25) is 4.57 Å². The van der Waals surface area contributed by atoms with Crippen molar-refractivity contribution in [3.63, 3.8) is 0 Å². The number of ketones is 1. The maximum Gasteiger partial charge on any atom is 0.167 e. The molecule has 0 unspecified atom stereocenters. The van der Waals surface area contributed by atoms with Gasteiger partial charge in [0.25, 0.3) is 0 Å². The Bertz CT molecular complexity index is 686. The molecule has 23 heavy (non-hydrogen) atoms. The van der Waals surface area contributed by atoms with Gasteiger partial charge < -0.3 is 30.6 Å². The van der Waals surface area contributed by atoms with Crippen LogP contribution in [0, 0.1) is 0 Å². The topological polar surface area (TPSA) is 157 Å². The van der Waals surface area contributed by atoms with Gasteiger partial charge in [-0.05, 0) is 13.8 Å². The summed E-state index contributed by atoms with van der Waals surface area (Å²) < 4.78 is 6.85. The van der Waals surface area contributed by atoms with Crippen LogP contribution in [-0.4, -0.2) is 65.5 Å². The molecule has 0 amide bonds. The fourth-order valence-electron chi connectivity index (χ4n) is 2.17. The van der Waals surface area contributed by atoms with Crippen LogP contribution in [0.4, 0.5) is 5.82 Å². The molecule has 10 nitrogen and oxygen atoms in total. The van der Waals surface area contributed by atoms with Crippen molar-refractivity contribution in [1.29, 1.82) is 0 Å². The Morgan fingerprint density at radius 3 is 2.52 bits per heavy atom. The van der Waals surface area contributed by atoms with E-state index >= 15 is 0 Å². The Labute approximate surface area is 131 Å². The molecule has 0 aliphatic carbocycles. The summed E-state index contributed by atoms with van der Waals surface area (Å²) in [7, 11) is 0. The molecule has 10 heteroatoms. The van der Waals surface area contributed by atoms with Gasteiger partial charge in [-0.1, -0.05) is 0 Å². The van der Waals surface area contributed by atoms with E-state index in [1.807, 2.05) is 0 Å². The number of nitrogens with two attached hydrogens (primary N) is 1. The fourth-order valence-corrected chi connectivity index (χ4v) is 2.17. The lowest BCUT2D eigenvalue weighted by atomic mass is 10.1. The van der Waals surface area contributed by atoms with Crippen LogP contribution in [-0.2, 0) is 9.53 Å². The molecule has 1 fully saturated rings. The quantitative estimate of drug-likeness (QED) is 0.522. The third kappa shape index (κ3) is 3.45. The average molecular weight is 325 g/mol. The van der Waals surface area contributed by atoms with Crippen LogP contribution in [0.25, 0.3) is 11.2 Å². The molecule has 0 saturated carbocycles. The van der Waals surface area contributed by atoms with Gasteiger partial charge >= 0.3 is 0 Å². The molecule has 3 heterocycles. The van der Waals surface area contributed by atoms with Gasteiger partial charge in [0.05, 0.1) is 12.9 Å². The monoisotopic (exact) mass is 325 g/mol. The first-order valence-electron chi connectivity index (χ1n) is 6.89. The van der Waals surface area contributed by atoms with E-state index in [4.69, 9.17) is 15.6 Å². The van der Waals surface area contributed by atoms with E-state index in [2.05, 4.69) is 15.0 Å². The summed E-state index contributed by atoms with van der Waals surface area (Å²) in [5.41, 5.74) is 6.44. The van der Waals surface area contributed by atoms with Gasteiger partial charge in [0.1, 0.15) is 35.9 Å².